The fourth-order valence-corrected chi connectivity index (χ4v) is 11.2. The van der Waals surface area contributed by atoms with E-state index in [0.29, 0.717) is 0 Å². The smallest absolute Gasteiger partial charge is 0.160 e. The molecule has 7 aromatic carbocycles. The number of nitrogens with zero attached hydrogens (tertiary/aromatic N) is 3. The highest BCUT2D eigenvalue weighted by Crippen LogP contribution is 2.39. The second-order valence-electron chi connectivity index (χ2n) is 13.8. The van der Waals surface area contributed by atoms with Gasteiger partial charge in [0, 0.05) is 38.5 Å². The predicted octanol–water partition coefficient (Wildman–Crippen LogP) is 10.5. The van der Waals surface area contributed by atoms with Crippen LogP contribution in [-0.4, -0.2) is 22.6 Å². The van der Waals surface area contributed by atoms with Gasteiger partial charge in [0.15, 0.2) is 5.82 Å². The number of benzene rings is 7. The normalized spacial score (nSPS) is 13.2. The second kappa shape index (κ2) is 11.0. The van der Waals surface area contributed by atoms with E-state index in [9.17, 15) is 0 Å². The SMILES string of the molecule is C[Si]1(C)c2ccccc2-c2c1ccc1c(-c3ccccc3)nc(-c3cccc(-c4ccc5c(c4)c4ccccc4n5-c4ccccc4)c3)nc21. The molecule has 3 heterocycles. The van der Waals surface area contributed by atoms with Crippen LogP contribution >= 0.6 is 0 Å². The third-order valence-electron chi connectivity index (χ3n) is 10.6. The average molecular weight is 656 g/mol. The Balaban J connectivity index is 1.17. The first-order chi connectivity index (χ1) is 24.6. The molecule has 0 bridgehead atoms. The van der Waals surface area contributed by atoms with Crippen LogP contribution in [0.4, 0.5) is 0 Å². The fraction of sp³-hybridized carbons (Fsp3) is 0.0435. The van der Waals surface area contributed by atoms with Crippen molar-refractivity contribution in [2.24, 2.45) is 0 Å². The van der Waals surface area contributed by atoms with E-state index in [0.717, 1.165) is 44.8 Å². The van der Waals surface area contributed by atoms with Crippen molar-refractivity contribution in [3.63, 3.8) is 0 Å². The maximum Gasteiger partial charge on any atom is 0.160 e. The highest BCUT2D eigenvalue weighted by atomic mass is 28.3. The molecule has 0 radical (unpaired) electrons. The molecule has 9 aromatic rings. The van der Waals surface area contributed by atoms with E-state index in [4.69, 9.17) is 9.97 Å². The third kappa shape index (κ3) is 4.28. The molecule has 2 aromatic heterocycles. The number of hydrogen-bond donors (Lipinski definition) is 0. The molecule has 0 saturated carbocycles. The van der Waals surface area contributed by atoms with Gasteiger partial charge >= 0.3 is 0 Å². The van der Waals surface area contributed by atoms with Gasteiger partial charge in [-0.2, -0.15) is 0 Å². The minimum atomic E-state index is -1.87. The standard InChI is InChI=1S/C46H33N3Si/c1-50(2)41-23-12-10-21-36(41)43-42(50)27-25-37-44(30-14-5-3-6-15-30)47-46(48-45(37)43)33-17-13-16-31(28-33)32-24-26-40-38(29-32)35-20-9-11-22-39(35)49(40)34-18-7-4-8-19-34/h3-29H,1-2H3. The van der Waals surface area contributed by atoms with E-state index in [2.05, 4.69) is 181 Å². The molecule has 236 valence electrons. The Hall–Kier alpha value is -6.10. The fourth-order valence-electron chi connectivity index (χ4n) is 8.17. The van der Waals surface area contributed by atoms with E-state index in [1.165, 1.54) is 48.9 Å². The molecule has 10 rings (SSSR count). The Bertz CT molecular complexity index is 2780. The lowest BCUT2D eigenvalue weighted by molar-refractivity contribution is 1.18. The van der Waals surface area contributed by atoms with Gasteiger partial charge in [0.2, 0.25) is 0 Å². The summed E-state index contributed by atoms with van der Waals surface area (Å²) >= 11 is 0. The molecule has 3 nitrogen and oxygen atoms in total. The number of hydrogen-bond acceptors (Lipinski definition) is 2. The summed E-state index contributed by atoms with van der Waals surface area (Å²) in [5.41, 5.74) is 12.6. The lowest BCUT2D eigenvalue weighted by Crippen LogP contribution is -2.49. The van der Waals surface area contributed by atoms with Crippen LogP contribution in [0, 0.1) is 0 Å². The molecule has 0 aliphatic carbocycles. The Morgan fingerprint density at radius 3 is 2.00 bits per heavy atom. The van der Waals surface area contributed by atoms with Crippen molar-refractivity contribution in [2.45, 2.75) is 13.1 Å². The summed E-state index contributed by atoms with van der Waals surface area (Å²) in [5, 5.41) is 6.51. The topological polar surface area (TPSA) is 30.7 Å². The van der Waals surface area contributed by atoms with Crippen LogP contribution in [0.5, 0.6) is 0 Å². The molecular weight excluding hydrogens is 623 g/mol. The third-order valence-corrected chi connectivity index (χ3v) is 14.1. The van der Waals surface area contributed by atoms with Crippen molar-refractivity contribution >= 4 is 51.2 Å². The molecule has 0 saturated heterocycles. The van der Waals surface area contributed by atoms with Crippen LogP contribution in [0.3, 0.4) is 0 Å². The van der Waals surface area contributed by atoms with Crippen molar-refractivity contribution in [3.8, 4) is 50.6 Å². The van der Waals surface area contributed by atoms with Crippen LogP contribution in [0.15, 0.2) is 164 Å². The zero-order valence-corrected chi connectivity index (χ0v) is 28.9. The summed E-state index contributed by atoms with van der Waals surface area (Å²) < 4.78 is 2.36. The van der Waals surface area contributed by atoms with E-state index >= 15 is 0 Å². The molecule has 0 fully saturated rings. The minimum Gasteiger partial charge on any atom is -0.309 e. The summed E-state index contributed by atoms with van der Waals surface area (Å²) in [4.78, 5) is 10.8. The highest BCUT2D eigenvalue weighted by molar-refractivity contribution is 7.04. The largest absolute Gasteiger partial charge is 0.309 e. The van der Waals surface area contributed by atoms with Crippen molar-refractivity contribution < 1.29 is 0 Å². The van der Waals surface area contributed by atoms with E-state index in [1.54, 1.807) is 0 Å². The number of aromatic nitrogens is 3. The Kier molecular flexibility index (Phi) is 6.33. The van der Waals surface area contributed by atoms with Gasteiger partial charge in [0.05, 0.1) is 22.2 Å². The van der Waals surface area contributed by atoms with Crippen LogP contribution in [0.1, 0.15) is 0 Å². The Labute approximate surface area is 292 Å². The maximum atomic E-state index is 5.44. The molecule has 0 spiro atoms. The first-order valence-electron chi connectivity index (χ1n) is 17.3. The van der Waals surface area contributed by atoms with Gasteiger partial charge in [-0.05, 0) is 63.5 Å². The van der Waals surface area contributed by atoms with Gasteiger partial charge in [-0.3, -0.25) is 0 Å². The van der Waals surface area contributed by atoms with Crippen molar-refractivity contribution in [3.05, 3.63) is 164 Å². The molecule has 0 unspecified atom stereocenters. The van der Waals surface area contributed by atoms with Crippen LogP contribution in [0.2, 0.25) is 13.1 Å². The number of rotatable bonds is 4. The lowest BCUT2D eigenvalue weighted by atomic mass is 9.98. The summed E-state index contributed by atoms with van der Waals surface area (Å²) in [7, 11) is -1.87. The number of fused-ring (bicyclic) bond motifs is 8. The summed E-state index contributed by atoms with van der Waals surface area (Å²) in [6, 6.07) is 59.0. The zero-order valence-electron chi connectivity index (χ0n) is 27.9. The molecular formula is C46H33N3Si. The van der Waals surface area contributed by atoms with Crippen molar-refractivity contribution in [2.75, 3.05) is 0 Å². The van der Waals surface area contributed by atoms with Gasteiger partial charge in [0.25, 0.3) is 0 Å². The predicted molar refractivity (Wildman–Crippen MR) is 212 cm³/mol. The molecule has 50 heavy (non-hydrogen) atoms. The molecule has 0 atom stereocenters. The number of para-hydroxylation sites is 2. The molecule has 1 aliphatic rings. The Morgan fingerprint density at radius 1 is 0.460 bits per heavy atom. The van der Waals surface area contributed by atoms with Gasteiger partial charge in [-0.1, -0.05) is 140 Å². The van der Waals surface area contributed by atoms with Crippen LogP contribution < -0.4 is 10.4 Å². The molecule has 0 amide bonds. The van der Waals surface area contributed by atoms with Gasteiger partial charge in [-0.25, -0.2) is 9.97 Å². The van der Waals surface area contributed by atoms with E-state index in [1.807, 2.05) is 0 Å². The lowest BCUT2D eigenvalue weighted by Gasteiger charge is -2.19. The molecule has 0 N–H and O–H groups in total. The first-order valence-corrected chi connectivity index (χ1v) is 20.3. The molecule has 1 aliphatic heterocycles. The first kappa shape index (κ1) is 28.9. The average Bonchev–Trinajstić information content (AvgIpc) is 3.63. The van der Waals surface area contributed by atoms with E-state index < -0.39 is 8.07 Å². The van der Waals surface area contributed by atoms with Crippen molar-refractivity contribution in [1.82, 2.24) is 14.5 Å². The monoisotopic (exact) mass is 655 g/mol. The maximum absolute atomic E-state index is 5.44. The minimum absolute atomic E-state index is 0.747. The quantitative estimate of drug-likeness (QED) is 0.177. The van der Waals surface area contributed by atoms with Crippen LogP contribution in [0.25, 0.3) is 83.3 Å². The van der Waals surface area contributed by atoms with Gasteiger partial charge < -0.3 is 4.57 Å². The van der Waals surface area contributed by atoms with Crippen molar-refractivity contribution in [1.29, 1.82) is 0 Å². The van der Waals surface area contributed by atoms with E-state index in [-0.39, 0.29) is 0 Å². The van der Waals surface area contributed by atoms with Gasteiger partial charge in [0.1, 0.15) is 8.07 Å². The zero-order chi connectivity index (χ0) is 33.4. The summed E-state index contributed by atoms with van der Waals surface area (Å²) in [6.07, 6.45) is 0. The second-order valence-corrected chi connectivity index (χ2v) is 18.1. The molecule has 4 heteroatoms. The summed E-state index contributed by atoms with van der Waals surface area (Å²) in [6.45, 7) is 4.92. The van der Waals surface area contributed by atoms with Crippen LogP contribution in [-0.2, 0) is 0 Å². The van der Waals surface area contributed by atoms with Gasteiger partial charge in [-0.15, -0.1) is 0 Å². The Morgan fingerprint density at radius 2 is 1.14 bits per heavy atom. The highest BCUT2D eigenvalue weighted by Gasteiger charge is 2.38. The summed E-state index contributed by atoms with van der Waals surface area (Å²) in [5.74, 6) is 0.747.